The maximum absolute atomic E-state index is 11.4. The number of hydrogen-bond acceptors (Lipinski definition) is 2. The molecule has 0 unspecified atom stereocenters. The van der Waals surface area contributed by atoms with Crippen molar-refractivity contribution >= 4 is 35.8 Å². The molecular weight excluding hydrogens is 367 g/mol. The molecular formula is C14H29IN4O. The Morgan fingerprint density at radius 2 is 1.80 bits per heavy atom. The van der Waals surface area contributed by atoms with Gasteiger partial charge in [-0.15, -0.1) is 24.0 Å². The van der Waals surface area contributed by atoms with Crippen molar-refractivity contribution in [3.63, 3.8) is 0 Å². The van der Waals surface area contributed by atoms with Gasteiger partial charge in [0.15, 0.2) is 5.96 Å². The van der Waals surface area contributed by atoms with Crippen LogP contribution in [0.2, 0.25) is 0 Å². The molecule has 0 heterocycles. The van der Waals surface area contributed by atoms with Crippen LogP contribution >= 0.6 is 24.0 Å². The zero-order chi connectivity index (χ0) is 13.9. The number of amides is 1. The van der Waals surface area contributed by atoms with Crippen molar-refractivity contribution < 1.29 is 4.79 Å². The second-order valence-corrected chi connectivity index (χ2v) is 4.96. The maximum atomic E-state index is 11.4. The average molecular weight is 396 g/mol. The van der Waals surface area contributed by atoms with Crippen LogP contribution in [0, 0.1) is 5.92 Å². The fourth-order valence-electron chi connectivity index (χ4n) is 1.75. The van der Waals surface area contributed by atoms with Crippen molar-refractivity contribution in [3.05, 3.63) is 0 Å². The first kappa shape index (κ1) is 19.5. The topological polar surface area (TPSA) is 65.5 Å². The Kier molecular flexibility index (Phi) is 11.9. The monoisotopic (exact) mass is 396 g/mol. The number of nitrogens with zero attached hydrogens (tertiary/aromatic N) is 1. The highest BCUT2D eigenvalue weighted by atomic mass is 127. The van der Waals surface area contributed by atoms with E-state index in [2.05, 4.69) is 34.8 Å². The molecule has 5 nitrogen and oxygen atoms in total. The number of carbonyl (C=O) groups excluding carboxylic acids is 1. The Labute approximate surface area is 139 Å². The summed E-state index contributed by atoms with van der Waals surface area (Å²) in [5.41, 5.74) is 0. The Morgan fingerprint density at radius 3 is 2.40 bits per heavy atom. The van der Waals surface area contributed by atoms with Crippen LogP contribution in [-0.4, -0.2) is 38.0 Å². The summed E-state index contributed by atoms with van der Waals surface area (Å²) in [5, 5.41) is 9.38. The van der Waals surface area contributed by atoms with Crippen molar-refractivity contribution in [1.29, 1.82) is 0 Å². The summed E-state index contributed by atoms with van der Waals surface area (Å²) in [4.78, 5) is 15.9. The molecule has 1 amide bonds. The van der Waals surface area contributed by atoms with E-state index in [1.165, 1.54) is 12.8 Å². The lowest BCUT2D eigenvalue weighted by Gasteiger charge is -2.11. The van der Waals surface area contributed by atoms with Crippen molar-refractivity contribution in [3.8, 4) is 0 Å². The van der Waals surface area contributed by atoms with Gasteiger partial charge >= 0.3 is 0 Å². The summed E-state index contributed by atoms with van der Waals surface area (Å²) < 4.78 is 0. The highest BCUT2D eigenvalue weighted by Crippen LogP contribution is 2.28. The number of guanidine groups is 1. The van der Waals surface area contributed by atoms with Crippen LogP contribution in [-0.2, 0) is 4.79 Å². The van der Waals surface area contributed by atoms with Gasteiger partial charge in [-0.3, -0.25) is 9.79 Å². The third-order valence-electron chi connectivity index (χ3n) is 3.04. The lowest BCUT2D eigenvalue weighted by molar-refractivity contribution is -0.122. The van der Waals surface area contributed by atoms with E-state index in [9.17, 15) is 4.79 Å². The maximum Gasteiger partial charge on any atom is 0.223 e. The molecule has 0 aromatic carbocycles. The largest absolute Gasteiger partial charge is 0.357 e. The lowest BCUT2D eigenvalue weighted by Crippen LogP contribution is -2.41. The predicted molar refractivity (Wildman–Crippen MR) is 94.7 cm³/mol. The molecule has 20 heavy (non-hydrogen) atoms. The van der Waals surface area contributed by atoms with E-state index in [1.54, 1.807) is 0 Å². The first-order chi connectivity index (χ1) is 9.27. The van der Waals surface area contributed by atoms with E-state index in [1.807, 2.05) is 0 Å². The smallest absolute Gasteiger partial charge is 0.223 e. The second kappa shape index (κ2) is 12.2. The second-order valence-electron chi connectivity index (χ2n) is 4.96. The third-order valence-corrected chi connectivity index (χ3v) is 3.04. The Balaban J connectivity index is 0.00000361. The summed E-state index contributed by atoms with van der Waals surface area (Å²) in [5.74, 6) is 1.34. The summed E-state index contributed by atoms with van der Waals surface area (Å²) in [6.45, 7) is 7.34. The molecule has 0 aromatic rings. The normalized spacial score (nSPS) is 14.4. The Morgan fingerprint density at radius 1 is 1.10 bits per heavy atom. The van der Waals surface area contributed by atoms with Gasteiger partial charge in [-0.2, -0.15) is 0 Å². The molecule has 0 atom stereocenters. The molecule has 0 aromatic heterocycles. The Bertz CT molecular complexity index is 293. The Hall–Kier alpha value is -0.530. The molecule has 1 fully saturated rings. The van der Waals surface area contributed by atoms with E-state index in [4.69, 9.17) is 0 Å². The molecule has 6 heteroatoms. The molecule has 0 spiro atoms. The summed E-state index contributed by atoms with van der Waals surface area (Å²) >= 11 is 0. The minimum absolute atomic E-state index is 0. The van der Waals surface area contributed by atoms with Crippen LogP contribution < -0.4 is 16.0 Å². The van der Waals surface area contributed by atoms with Gasteiger partial charge in [-0.1, -0.05) is 19.8 Å². The standard InChI is InChI=1S/C14H28N4O.HI/c1-3-5-6-9-17-14(15-4-2)18-11-10-16-13(19)12-7-8-12;/h12H,3-11H2,1-2H3,(H,16,19)(H2,15,17,18);1H. The molecule has 0 saturated heterocycles. The van der Waals surface area contributed by atoms with Crippen molar-refractivity contribution in [1.82, 2.24) is 16.0 Å². The molecule has 1 aliphatic rings. The number of unbranched alkanes of at least 4 members (excludes halogenated alkanes) is 2. The fraction of sp³-hybridized carbons (Fsp3) is 0.857. The number of hydrogen-bond donors (Lipinski definition) is 3. The molecule has 0 radical (unpaired) electrons. The van der Waals surface area contributed by atoms with Gasteiger partial charge in [0.05, 0.1) is 0 Å². The van der Waals surface area contributed by atoms with Crippen molar-refractivity contribution in [2.24, 2.45) is 10.9 Å². The first-order valence-corrected chi connectivity index (χ1v) is 7.57. The molecule has 1 saturated carbocycles. The van der Waals surface area contributed by atoms with Gasteiger partial charge < -0.3 is 16.0 Å². The van der Waals surface area contributed by atoms with Crippen LogP contribution in [0.25, 0.3) is 0 Å². The predicted octanol–water partition coefficient (Wildman–Crippen LogP) is 1.88. The van der Waals surface area contributed by atoms with Gasteiger partial charge in [0.25, 0.3) is 0 Å². The SMILES string of the molecule is CCCCCN=C(NCC)NCCNC(=O)C1CC1.I. The van der Waals surface area contributed by atoms with Crippen molar-refractivity contribution in [2.75, 3.05) is 26.2 Å². The van der Waals surface area contributed by atoms with Crippen LogP contribution in [0.15, 0.2) is 4.99 Å². The summed E-state index contributed by atoms with van der Waals surface area (Å²) in [7, 11) is 0. The van der Waals surface area contributed by atoms with Crippen LogP contribution in [0.1, 0.15) is 46.0 Å². The van der Waals surface area contributed by atoms with E-state index < -0.39 is 0 Å². The van der Waals surface area contributed by atoms with Gasteiger partial charge in [0.1, 0.15) is 0 Å². The first-order valence-electron chi connectivity index (χ1n) is 7.57. The van der Waals surface area contributed by atoms with Crippen LogP contribution in [0.4, 0.5) is 0 Å². The van der Waals surface area contributed by atoms with Crippen molar-refractivity contribution in [2.45, 2.75) is 46.0 Å². The van der Waals surface area contributed by atoms with E-state index >= 15 is 0 Å². The van der Waals surface area contributed by atoms with E-state index in [-0.39, 0.29) is 35.8 Å². The zero-order valence-corrected chi connectivity index (χ0v) is 15.0. The summed E-state index contributed by atoms with van der Waals surface area (Å²) in [6.07, 6.45) is 5.68. The highest BCUT2D eigenvalue weighted by molar-refractivity contribution is 14.0. The summed E-state index contributed by atoms with van der Waals surface area (Å²) in [6, 6.07) is 0. The number of aliphatic imine (C=N–C) groups is 1. The number of nitrogens with one attached hydrogen (secondary N) is 3. The number of rotatable bonds is 9. The van der Waals surface area contributed by atoms with Crippen LogP contribution in [0.5, 0.6) is 0 Å². The van der Waals surface area contributed by atoms with Gasteiger partial charge in [0.2, 0.25) is 5.91 Å². The number of halogens is 1. The molecule has 1 aliphatic carbocycles. The fourth-order valence-corrected chi connectivity index (χ4v) is 1.75. The average Bonchev–Trinajstić information content (AvgIpc) is 3.23. The van der Waals surface area contributed by atoms with E-state index in [0.29, 0.717) is 6.54 Å². The quantitative estimate of drug-likeness (QED) is 0.241. The molecule has 0 bridgehead atoms. The molecule has 118 valence electrons. The highest BCUT2D eigenvalue weighted by Gasteiger charge is 2.28. The molecule has 1 rings (SSSR count). The van der Waals surface area contributed by atoms with Crippen LogP contribution in [0.3, 0.4) is 0 Å². The molecule has 3 N–H and O–H groups in total. The minimum Gasteiger partial charge on any atom is -0.357 e. The third kappa shape index (κ3) is 9.39. The molecule has 0 aliphatic heterocycles. The van der Waals surface area contributed by atoms with Gasteiger partial charge in [-0.25, -0.2) is 0 Å². The van der Waals surface area contributed by atoms with Gasteiger partial charge in [-0.05, 0) is 26.2 Å². The minimum atomic E-state index is 0. The van der Waals surface area contributed by atoms with E-state index in [0.717, 1.165) is 44.9 Å². The van der Waals surface area contributed by atoms with Gasteiger partial charge in [0, 0.05) is 32.1 Å². The zero-order valence-electron chi connectivity index (χ0n) is 12.7. The lowest BCUT2D eigenvalue weighted by atomic mass is 10.2. The number of carbonyl (C=O) groups is 1.